The number of para-hydroxylation sites is 1. The number of allylic oxidation sites excluding steroid dienone is 2. The fraction of sp³-hybridized carbons (Fsp3) is 0.222. The molecule has 0 aromatic heterocycles. The van der Waals surface area contributed by atoms with Gasteiger partial charge in [0, 0.05) is 41.5 Å². The van der Waals surface area contributed by atoms with Gasteiger partial charge in [-0.15, -0.1) is 0 Å². The van der Waals surface area contributed by atoms with Crippen molar-refractivity contribution in [1.29, 1.82) is 0 Å². The molecule has 166 valence electrons. The van der Waals surface area contributed by atoms with Crippen molar-refractivity contribution < 1.29 is 9.72 Å². The summed E-state index contributed by atoms with van der Waals surface area (Å²) in [7, 11) is 0. The molecule has 1 aliphatic carbocycles. The Bertz CT molecular complexity index is 1240. The van der Waals surface area contributed by atoms with E-state index in [1.54, 1.807) is 17.0 Å². The van der Waals surface area contributed by atoms with Crippen LogP contribution in [0.3, 0.4) is 0 Å². The number of rotatable bonds is 5. The van der Waals surface area contributed by atoms with Gasteiger partial charge in [-0.05, 0) is 60.7 Å². The molecule has 6 heteroatoms. The largest absolute Gasteiger partial charge is 0.378 e. The van der Waals surface area contributed by atoms with Crippen LogP contribution in [0.5, 0.6) is 0 Å². The Labute approximate surface area is 192 Å². The Morgan fingerprint density at radius 2 is 1.91 bits per heavy atom. The monoisotopic (exact) mass is 439 g/mol. The summed E-state index contributed by atoms with van der Waals surface area (Å²) in [6.45, 7) is 2.56. The van der Waals surface area contributed by atoms with Crippen molar-refractivity contribution in [1.82, 2.24) is 0 Å². The van der Waals surface area contributed by atoms with Crippen molar-refractivity contribution in [3.8, 4) is 0 Å². The normalized spacial score (nSPS) is 20.5. The first-order valence-electron chi connectivity index (χ1n) is 11.2. The first-order valence-corrected chi connectivity index (χ1v) is 11.2. The highest BCUT2D eigenvalue weighted by molar-refractivity contribution is 6.06. The number of non-ortho nitro benzene ring substituents is 1. The molecule has 5 rings (SSSR count). The smallest absolute Gasteiger partial charge is 0.269 e. The molecular formula is C27H25N3O3. The summed E-state index contributed by atoms with van der Waals surface area (Å²) in [6.07, 6.45) is 5.26. The van der Waals surface area contributed by atoms with Gasteiger partial charge in [0.2, 0.25) is 0 Å². The lowest BCUT2D eigenvalue weighted by molar-refractivity contribution is -0.384. The number of nitrogens with one attached hydrogen (secondary N) is 1. The number of carbonyl (C=O) groups is 1. The fourth-order valence-electron chi connectivity index (χ4n) is 5.10. The van der Waals surface area contributed by atoms with Gasteiger partial charge in [0.05, 0.1) is 11.0 Å². The fourth-order valence-corrected chi connectivity index (χ4v) is 5.10. The maximum absolute atomic E-state index is 13.4. The quantitative estimate of drug-likeness (QED) is 0.297. The van der Waals surface area contributed by atoms with Crippen molar-refractivity contribution in [2.75, 3.05) is 16.8 Å². The number of nitro groups is 1. The van der Waals surface area contributed by atoms with E-state index in [1.807, 2.05) is 61.5 Å². The lowest BCUT2D eigenvalue weighted by atomic mass is 9.76. The van der Waals surface area contributed by atoms with Crippen LogP contribution in [-0.2, 0) is 0 Å². The van der Waals surface area contributed by atoms with Crippen molar-refractivity contribution in [2.45, 2.75) is 25.3 Å². The molecule has 3 unspecified atom stereocenters. The third kappa shape index (κ3) is 3.78. The first kappa shape index (κ1) is 20.9. The number of amides is 1. The maximum Gasteiger partial charge on any atom is 0.269 e. The van der Waals surface area contributed by atoms with Crippen LogP contribution < -0.4 is 10.2 Å². The molecule has 0 bridgehead atoms. The topological polar surface area (TPSA) is 75.5 Å². The minimum Gasteiger partial charge on any atom is -0.378 e. The van der Waals surface area contributed by atoms with Gasteiger partial charge >= 0.3 is 0 Å². The SMILES string of the molecule is CCN(C(=O)c1ccc2c(c1)C1C=CCC1C(c1cccc([N+](=O)[O-])c1)N2)c1ccccc1. The molecule has 3 aromatic rings. The van der Waals surface area contributed by atoms with Crippen LogP contribution in [0.4, 0.5) is 17.1 Å². The van der Waals surface area contributed by atoms with Crippen LogP contribution in [0.2, 0.25) is 0 Å². The van der Waals surface area contributed by atoms with Crippen LogP contribution in [0.1, 0.15) is 46.8 Å². The Kier molecular flexibility index (Phi) is 5.42. The third-order valence-electron chi connectivity index (χ3n) is 6.68. The Morgan fingerprint density at radius 1 is 1.09 bits per heavy atom. The van der Waals surface area contributed by atoms with E-state index in [0.717, 1.165) is 28.9 Å². The van der Waals surface area contributed by atoms with E-state index in [-0.39, 0.29) is 34.4 Å². The van der Waals surface area contributed by atoms with Gasteiger partial charge in [-0.3, -0.25) is 14.9 Å². The molecule has 33 heavy (non-hydrogen) atoms. The summed E-state index contributed by atoms with van der Waals surface area (Å²) in [5.74, 6) is 0.372. The van der Waals surface area contributed by atoms with Crippen molar-refractivity contribution in [2.24, 2.45) is 5.92 Å². The second-order valence-corrected chi connectivity index (χ2v) is 8.51. The number of nitrogens with zero attached hydrogens (tertiary/aromatic N) is 2. The number of carbonyl (C=O) groups excluding carboxylic acids is 1. The highest BCUT2D eigenvalue weighted by Crippen LogP contribution is 2.50. The van der Waals surface area contributed by atoms with Crippen LogP contribution in [0.15, 0.2) is 84.9 Å². The minimum atomic E-state index is -0.352. The van der Waals surface area contributed by atoms with Gasteiger partial charge in [-0.1, -0.05) is 42.5 Å². The third-order valence-corrected chi connectivity index (χ3v) is 6.68. The average Bonchev–Trinajstić information content (AvgIpc) is 3.35. The molecule has 1 aliphatic heterocycles. The van der Waals surface area contributed by atoms with E-state index in [1.165, 1.54) is 6.07 Å². The number of fused-ring (bicyclic) bond motifs is 3. The zero-order chi connectivity index (χ0) is 22.9. The van der Waals surface area contributed by atoms with Crippen molar-refractivity contribution in [3.63, 3.8) is 0 Å². The Hall–Kier alpha value is -3.93. The molecule has 1 N–H and O–H groups in total. The van der Waals surface area contributed by atoms with Crippen LogP contribution >= 0.6 is 0 Å². The molecule has 0 radical (unpaired) electrons. The number of anilines is 2. The van der Waals surface area contributed by atoms with Gasteiger partial charge in [-0.2, -0.15) is 0 Å². The molecule has 0 saturated carbocycles. The summed E-state index contributed by atoms with van der Waals surface area (Å²) in [5.41, 5.74) is 4.63. The van der Waals surface area contributed by atoms with Gasteiger partial charge < -0.3 is 10.2 Å². The molecule has 0 spiro atoms. The second-order valence-electron chi connectivity index (χ2n) is 8.51. The summed E-state index contributed by atoms with van der Waals surface area (Å²) < 4.78 is 0. The van der Waals surface area contributed by atoms with E-state index in [2.05, 4.69) is 17.5 Å². The van der Waals surface area contributed by atoms with Crippen LogP contribution in [-0.4, -0.2) is 17.4 Å². The molecule has 3 aromatic carbocycles. The van der Waals surface area contributed by atoms with E-state index in [4.69, 9.17) is 0 Å². The predicted octanol–water partition coefficient (Wildman–Crippen LogP) is 6.09. The van der Waals surface area contributed by atoms with Gasteiger partial charge in [0.25, 0.3) is 11.6 Å². The highest BCUT2D eigenvalue weighted by atomic mass is 16.6. The van der Waals surface area contributed by atoms with Crippen LogP contribution in [0, 0.1) is 16.0 Å². The van der Waals surface area contributed by atoms with Gasteiger partial charge in [0.15, 0.2) is 0 Å². The molecule has 1 heterocycles. The van der Waals surface area contributed by atoms with Gasteiger partial charge in [-0.25, -0.2) is 0 Å². The summed E-state index contributed by atoms with van der Waals surface area (Å²) in [4.78, 5) is 26.1. The number of benzene rings is 3. The second kappa shape index (κ2) is 8.54. The zero-order valence-corrected chi connectivity index (χ0v) is 18.3. The van der Waals surface area contributed by atoms with E-state index < -0.39 is 0 Å². The zero-order valence-electron chi connectivity index (χ0n) is 18.3. The standard InChI is InChI=1S/C27H25N3O3/c1-2-29(20-9-4-3-5-10-20)27(31)19-14-15-25-24(17-19)22-12-7-13-23(22)26(28-25)18-8-6-11-21(16-18)30(32)33/h3-12,14-17,22-23,26,28H,2,13H2,1H3. The molecule has 0 fully saturated rings. The molecule has 0 saturated heterocycles. The molecule has 1 amide bonds. The summed E-state index contributed by atoms with van der Waals surface area (Å²) in [5, 5.41) is 14.9. The van der Waals surface area contributed by atoms with Crippen LogP contribution in [0.25, 0.3) is 0 Å². The maximum atomic E-state index is 13.4. The van der Waals surface area contributed by atoms with Crippen molar-refractivity contribution >= 4 is 23.0 Å². The van der Waals surface area contributed by atoms with Crippen molar-refractivity contribution in [3.05, 3.63) is 112 Å². The number of hydrogen-bond acceptors (Lipinski definition) is 4. The Morgan fingerprint density at radius 3 is 2.67 bits per heavy atom. The number of hydrogen-bond donors (Lipinski definition) is 1. The average molecular weight is 440 g/mol. The molecular weight excluding hydrogens is 414 g/mol. The minimum absolute atomic E-state index is 0.0224. The predicted molar refractivity (Wildman–Crippen MR) is 130 cm³/mol. The molecule has 6 nitrogen and oxygen atoms in total. The lowest BCUT2D eigenvalue weighted by Crippen LogP contribution is -2.32. The van der Waals surface area contributed by atoms with E-state index in [0.29, 0.717) is 12.1 Å². The number of nitro benzene ring substituents is 1. The molecule has 3 atom stereocenters. The van der Waals surface area contributed by atoms with Gasteiger partial charge in [0.1, 0.15) is 0 Å². The molecule has 2 aliphatic rings. The summed E-state index contributed by atoms with van der Waals surface area (Å²) in [6, 6.07) is 22.4. The first-order chi connectivity index (χ1) is 16.1. The Balaban J connectivity index is 1.49. The lowest BCUT2D eigenvalue weighted by Gasteiger charge is -2.37. The summed E-state index contributed by atoms with van der Waals surface area (Å²) >= 11 is 0. The van der Waals surface area contributed by atoms with E-state index >= 15 is 0 Å². The highest BCUT2D eigenvalue weighted by Gasteiger charge is 2.38. The van der Waals surface area contributed by atoms with E-state index in [9.17, 15) is 14.9 Å².